The second kappa shape index (κ2) is 6.75. The van der Waals surface area contributed by atoms with E-state index in [0.717, 1.165) is 22.1 Å². The molecule has 0 aliphatic heterocycles. The molecule has 0 aliphatic carbocycles. The molecule has 0 atom stereocenters. The molecule has 0 unspecified atom stereocenters. The van der Waals surface area contributed by atoms with Crippen LogP contribution in [0.15, 0.2) is 67.0 Å². The Morgan fingerprint density at radius 1 is 1.07 bits per heavy atom. The van der Waals surface area contributed by atoms with Crippen molar-refractivity contribution in [2.75, 3.05) is 0 Å². The Balaban J connectivity index is 1.94. The first kappa shape index (κ1) is 17.6. The molecule has 0 spiro atoms. The first-order chi connectivity index (χ1) is 13.5. The van der Waals surface area contributed by atoms with Gasteiger partial charge in [0.05, 0.1) is 17.7 Å². The van der Waals surface area contributed by atoms with Gasteiger partial charge in [-0.3, -0.25) is 9.89 Å². The van der Waals surface area contributed by atoms with Gasteiger partial charge in [0.1, 0.15) is 0 Å². The smallest absolute Gasteiger partial charge is 0.193 e. The van der Waals surface area contributed by atoms with Crippen LogP contribution in [0.5, 0.6) is 0 Å². The number of hydrogen-bond donors (Lipinski definition) is 1. The maximum atomic E-state index is 13.1. The van der Waals surface area contributed by atoms with Crippen LogP contribution >= 0.6 is 0 Å². The number of nitriles is 1. The lowest BCUT2D eigenvalue weighted by molar-refractivity contribution is 0.103. The van der Waals surface area contributed by atoms with Crippen LogP contribution in [0.4, 0.5) is 0 Å². The summed E-state index contributed by atoms with van der Waals surface area (Å²) in [5, 5.41) is 17.4. The van der Waals surface area contributed by atoms with Crippen LogP contribution in [0, 0.1) is 11.3 Å². The van der Waals surface area contributed by atoms with Gasteiger partial charge >= 0.3 is 0 Å². The Labute approximate surface area is 162 Å². The van der Waals surface area contributed by atoms with Crippen molar-refractivity contribution in [3.8, 4) is 17.2 Å². The predicted molar refractivity (Wildman–Crippen MR) is 108 cm³/mol. The normalized spacial score (nSPS) is 11.3. The minimum absolute atomic E-state index is 0.0741. The molecule has 1 N–H and O–H groups in total. The van der Waals surface area contributed by atoms with Gasteiger partial charge in [-0.25, -0.2) is 4.98 Å². The Kier molecular flexibility index (Phi) is 4.25. The highest BCUT2D eigenvalue weighted by atomic mass is 16.1. The van der Waals surface area contributed by atoms with Crippen molar-refractivity contribution in [3.63, 3.8) is 0 Å². The molecular weight excluding hydrogens is 348 g/mol. The highest BCUT2D eigenvalue weighted by molar-refractivity contribution is 6.10. The molecule has 5 heteroatoms. The minimum Gasteiger partial charge on any atom is -0.289 e. The maximum absolute atomic E-state index is 13.1. The van der Waals surface area contributed by atoms with Crippen molar-refractivity contribution in [2.24, 2.45) is 0 Å². The molecule has 0 aliphatic rings. The van der Waals surface area contributed by atoms with Crippen LogP contribution in [0.3, 0.4) is 0 Å². The molecule has 0 amide bonds. The molecule has 28 heavy (non-hydrogen) atoms. The summed E-state index contributed by atoms with van der Waals surface area (Å²) in [6, 6.07) is 19.0. The second-order valence-electron chi connectivity index (χ2n) is 7.22. The summed E-state index contributed by atoms with van der Waals surface area (Å²) < 4.78 is 0. The van der Waals surface area contributed by atoms with Gasteiger partial charge in [-0.2, -0.15) is 10.4 Å². The van der Waals surface area contributed by atoms with E-state index in [4.69, 9.17) is 0 Å². The number of ketones is 1. The summed E-state index contributed by atoms with van der Waals surface area (Å²) in [6.07, 6.45) is 3.43. The number of nitrogens with zero attached hydrogens (tertiary/aromatic N) is 3. The first-order valence-electron chi connectivity index (χ1n) is 8.94. The van der Waals surface area contributed by atoms with Gasteiger partial charge in [-0.15, -0.1) is 0 Å². The number of nitrogens with one attached hydrogen (secondary N) is 1. The molecule has 0 fully saturated rings. The van der Waals surface area contributed by atoms with Gasteiger partial charge in [0.2, 0.25) is 0 Å². The first-order valence-corrected chi connectivity index (χ1v) is 8.94. The highest BCUT2D eigenvalue weighted by Crippen LogP contribution is 2.33. The number of H-pyrrole nitrogens is 1. The molecule has 5 nitrogen and oxygen atoms in total. The monoisotopic (exact) mass is 366 g/mol. The van der Waals surface area contributed by atoms with Crippen LogP contribution in [0.25, 0.3) is 22.2 Å². The molecule has 2 aromatic carbocycles. The third-order valence-corrected chi connectivity index (χ3v) is 4.90. The second-order valence-corrected chi connectivity index (χ2v) is 7.22. The van der Waals surface area contributed by atoms with Crippen molar-refractivity contribution < 1.29 is 4.79 Å². The summed E-state index contributed by atoms with van der Waals surface area (Å²) >= 11 is 0. The maximum Gasteiger partial charge on any atom is 0.193 e. The Bertz CT molecular complexity index is 1220. The summed E-state index contributed by atoms with van der Waals surface area (Å²) in [6.45, 7) is 3.70. The van der Waals surface area contributed by atoms with Gasteiger partial charge in [0.15, 0.2) is 11.4 Å². The highest BCUT2D eigenvalue weighted by Gasteiger charge is 2.23. The van der Waals surface area contributed by atoms with E-state index in [-0.39, 0.29) is 5.78 Å². The molecule has 136 valence electrons. The fraction of sp³-hybridized carbons (Fsp3) is 0.130. The fourth-order valence-corrected chi connectivity index (χ4v) is 3.20. The summed E-state index contributed by atoms with van der Waals surface area (Å²) in [4.78, 5) is 17.4. The van der Waals surface area contributed by atoms with Gasteiger partial charge in [-0.05, 0) is 54.8 Å². The number of aromatic amines is 1. The van der Waals surface area contributed by atoms with E-state index in [9.17, 15) is 10.1 Å². The van der Waals surface area contributed by atoms with E-state index in [1.165, 1.54) is 0 Å². The molecular formula is C23H18N4O. The molecule has 4 rings (SSSR count). The third-order valence-electron chi connectivity index (χ3n) is 4.90. The zero-order chi connectivity index (χ0) is 19.7. The molecule has 0 saturated heterocycles. The lowest BCUT2D eigenvalue weighted by atomic mass is 9.82. The number of hydrogen-bond acceptors (Lipinski definition) is 4. The van der Waals surface area contributed by atoms with E-state index in [0.29, 0.717) is 16.8 Å². The van der Waals surface area contributed by atoms with Crippen molar-refractivity contribution in [1.82, 2.24) is 15.2 Å². The van der Waals surface area contributed by atoms with Gasteiger partial charge in [0, 0.05) is 22.7 Å². The zero-order valence-corrected chi connectivity index (χ0v) is 15.6. The van der Waals surface area contributed by atoms with Crippen molar-refractivity contribution in [2.45, 2.75) is 19.3 Å². The Hall–Kier alpha value is -3.78. The summed E-state index contributed by atoms with van der Waals surface area (Å²) in [5.41, 5.74) is 3.67. The summed E-state index contributed by atoms with van der Waals surface area (Å²) in [5.74, 6) is -0.0741. The van der Waals surface area contributed by atoms with E-state index in [1.807, 2.05) is 56.3 Å². The standard InChI is InChI=1S/C23H18N4O/c1-23(2,14-24)18-11-16(19-8-9-25-22-20(19)13-26-27-22)10-17(12-18)21(28)15-6-4-3-5-7-15/h3-13H,1-2H3,(H,25,26,27). The average Bonchev–Trinajstić information content (AvgIpc) is 3.22. The Morgan fingerprint density at radius 2 is 1.86 bits per heavy atom. The number of aromatic nitrogens is 3. The van der Waals surface area contributed by atoms with E-state index in [1.54, 1.807) is 24.5 Å². The number of pyridine rings is 1. The van der Waals surface area contributed by atoms with Crippen LogP contribution in [0.2, 0.25) is 0 Å². The number of carbonyl (C=O) groups is 1. The average molecular weight is 366 g/mol. The van der Waals surface area contributed by atoms with Gasteiger partial charge in [0.25, 0.3) is 0 Å². The topological polar surface area (TPSA) is 82.4 Å². The van der Waals surface area contributed by atoms with Crippen LogP contribution in [-0.2, 0) is 5.41 Å². The van der Waals surface area contributed by atoms with Crippen LogP contribution in [0.1, 0.15) is 35.3 Å². The van der Waals surface area contributed by atoms with E-state index in [2.05, 4.69) is 21.3 Å². The van der Waals surface area contributed by atoms with Gasteiger partial charge < -0.3 is 0 Å². The third kappa shape index (κ3) is 3.06. The molecule has 2 heterocycles. The van der Waals surface area contributed by atoms with Crippen molar-refractivity contribution in [3.05, 3.63) is 83.7 Å². The molecule has 0 bridgehead atoms. The summed E-state index contributed by atoms with van der Waals surface area (Å²) in [7, 11) is 0. The lowest BCUT2D eigenvalue weighted by Gasteiger charge is -2.19. The molecule has 0 saturated carbocycles. The van der Waals surface area contributed by atoms with E-state index < -0.39 is 5.41 Å². The zero-order valence-electron chi connectivity index (χ0n) is 15.6. The number of rotatable bonds is 4. The van der Waals surface area contributed by atoms with Crippen molar-refractivity contribution >= 4 is 16.8 Å². The number of carbonyl (C=O) groups excluding carboxylic acids is 1. The van der Waals surface area contributed by atoms with Crippen LogP contribution in [-0.4, -0.2) is 21.0 Å². The quantitative estimate of drug-likeness (QED) is 0.533. The Morgan fingerprint density at radius 3 is 2.61 bits per heavy atom. The number of benzene rings is 2. The largest absolute Gasteiger partial charge is 0.289 e. The molecule has 0 radical (unpaired) electrons. The molecule has 4 aromatic rings. The number of fused-ring (bicyclic) bond motifs is 1. The van der Waals surface area contributed by atoms with Crippen molar-refractivity contribution in [1.29, 1.82) is 5.26 Å². The lowest BCUT2D eigenvalue weighted by Crippen LogP contribution is -2.15. The molecule has 2 aromatic heterocycles. The minimum atomic E-state index is -0.732. The van der Waals surface area contributed by atoms with Crippen LogP contribution < -0.4 is 0 Å². The predicted octanol–water partition coefficient (Wildman–Crippen LogP) is 4.66. The van der Waals surface area contributed by atoms with Gasteiger partial charge in [-0.1, -0.05) is 30.3 Å². The SMILES string of the molecule is CC(C)(C#N)c1cc(C(=O)c2ccccc2)cc(-c2ccnc3[nH]ncc23)c1. The fourth-order valence-electron chi connectivity index (χ4n) is 3.20. The van der Waals surface area contributed by atoms with E-state index >= 15 is 0 Å².